The first kappa shape index (κ1) is 11.5. The van der Waals surface area contributed by atoms with Crippen LogP contribution in [0.5, 0.6) is 0 Å². The van der Waals surface area contributed by atoms with Crippen molar-refractivity contribution in [3.05, 3.63) is 28.2 Å². The van der Waals surface area contributed by atoms with Crippen molar-refractivity contribution in [2.75, 3.05) is 0 Å². The van der Waals surface area contributed by atoms with E-state index in [4.69, 9.17) is 5.73 Å². The maximum atomic E-state index is 13.3. The van der Waals surface area contributed by atoms with Crippen molar-refractivity contribution in [1.29, 1.82) is 0 Å². The summed E-state index contributed by atoms with van der Waals surface area (Å²) in [4.78, 5) is 7.44. The van der Waals surface area contributed by atoms with Gasteiger partial charge in [-0.2, -0.15) is 0 Å². The number of fused-ring (bicyclic) bond motifs is 1. The van der Waals surface area contributed by atoms with Gasteiger partial charge in [0.05, 0.1) is 21.0 Å². The molecule has 2 aromatic rings. The Kier molecular flexibility index (Phi) is 2.75. The first-order chi connectivity index (χ1) is 7.44. The SMILES string of the molecule is CCC(C)(N)c1nc2cc(Br)c(F)cc2[nH]1. The van der Waals surface area contributed by atoms with Crippen LogP contribution in [0.15, 0.2) is 16.6 Å². The summed E-state index contributed by atoms with van der Waals surface area (Å²) in [6.45, 7) is 3.89. The molecule has 0 radical (unpaired) electrons. The Morgan fingerprint density at radius 2 is 2.25 bits per heavy atom. The van der Waals surface area contributed by atoms with Gasteiger partial charge in [0.25, 0.3) is 0 Å². The average Bonchev–Trinajstić information content (AvgIpc) is 2.62. The van der Waals surface area contributed by atoms with Crippen LogP contribution in [-0.4, -0.2) is 9.97 Å². The second-order valence-corrected chi connectivity index (χ2v) is 4.99. The van der Waals surface area contributed by atoms with Gasteiger partial charge in [-0.25, -0.2) is 9.37 Å². The minimum atomic E-state index is -0.512. The molecule has 1 unspecified atom stereocenters. The molecular weight excluding hydrogens is 273 g/mol. The highest BCUT2D eigenvalue weighted by molar-refractivity contribution is 9.10. The highest BCUT2D eigenvalue weighted by Gasteiger charge is 2.23. The lowest BCUT2D eigenvalue weighted by Crippen LogP contribution is -2.33. The van der Waals surface area contributed by atoms with Gasteiger partial charge in [0.15, 0.2) is 0 Å². The maximum Gasteiger partial charge on any atom is 0.139 e. The number of hydrogen-bond donors (Lipinski definition) is 2. The molecule has 1 atom stereocenters. The molecule has 0 bridgehead atoms. The number of rotatable bonds is 2. The first-order valence-electron chi connectivity index (χ1n) is 5.08. The highest BCUT2D eigenvalue weighted by atomic mass is 79.9. The Morgan fingerprint density at radius 1 is 1.56 bits per heavy atom. The molecule has 1 aromatic carbocycles. The van der Waals surface area contributed by atoms with Crippen molar-refractivity contribution in [2.45, 2.75) is 25.8 Å². The van der Waals surface area contributed by atoms with Gasteiger partial charge in [-0.05, 0) is 35.3 Å². The molecular formula is C11H13BrFN3. The third kappa shape index (κ3) is 1.85. The van der Waals surface area contributed by atoms with Crippen molar-refractivity contribution in [3.8, 4) is 0 Å². The molecule has 0 amide bonds. The van der Waals surface area contributed by atoms with Crippen molar-refractivity contribution in [2.24, 2.45) is 5.73 Å². The molecule has 2 rings (SSSR count). The second-order valence-electron chi connectivity index (χ2n) is 4.14. The first-order valence-corrected chi connectivity index (χ1v) is 5.87. The van der Waals surface area contributed by atoms with Crippen LogP contribution in [0, 0.1) is 5.82 Å². The fourth-order valence-electron chi connectivity index (χ4n) is 1.44. The number of H-pyrrole nitrogens is 1. The van der Waals surface area contributed by atoms with Crippen molar-refractivity contribution < 1.29 is 4.39 Å². The summed E-state index contributed by atoms with van der Waals surface area (Å²) < 4.78 is 13.7. The molecule has 3 nitrogen and oxygen atoms in total. The summed E-state index contributed by atoms with van der Waals surface area (Å²) in [7, 11) is 0. The molecule has 0 saturated carbocycles. The number of aromatic nitrogens is 2. The Hall–Kier alpha value is -0.940. The summed E-state index contributed by atoms with van der Waals surface area (Å²) in [6.07, 6.45) is 0.760. The van der Waals surface area contributed by atoms with Gasteiger partial charge < -0.3 is 10.7 Å². The maximum absolute atomic E-state index is 13.3. The highest BCUT2D eigenvalue weighted by Crippen LogP contribution is 2.25. The van der Waals surface area contributed by atoms with Crippen LogP contribution in [0.1, 0.15) is 26.1 Å². The number of hydrogen-bond acceptors (Lipinski definition) is 2. The van der Waals surface area contributed by atoms with Crippen LogP contribution < -0.4 is 5.73 Å². The average molecular weight is 286 g/mol. The number of aromatic amines is 1. The zero-order valence-electron chi connectivity index (χ0n) is 9.14. The Morgan fingerprint density at radius 3 is 2.88 bits per heavy atom. The van der Waals surface area contributed by atoms with Crippen LogP contribution in [0.25, 0.3) is 11.0 Å². The number of nitrogens with one attached hydrogen (secondary N) is 1. The smallest absolute Gasteiger partial charge is 0.139 e. The lowest BCUT2D eigenvalue weighted by atomic mass is 10.0. The largest absolute Gasteiger partial charge is 0.340 e. The Balaban J connectivity index is 2.61. The van der Waals surface area contributed by atoms with Gasteiger partial charge in [-0.15, -0.1) is 0 Å². The molecule has 16 heavy (non-hydrogen) atoms. The van der Waals surface area contributed by atoms with Crippen LogP contribution in [-0.2, 0) is 5.54 Å². The monoisotopic (exact) mass is 285 g/mol. The van der Waals surface area contributed by atoms with E-state index in [2.05, 4.69) is 25.9 Å². The molecule has 1 heterocycles. The Bertz CT molecular complexity index is 494. The predicted octanol–water partition coefficient (Wildman–Crippen LogP) is 3.05. The molecule has 0 fully saturated rings. The van der Waals surface area contributed by atoms with Crippen molar-refractivity contribution >= 4 is 27.0 Å². The van der Waals surface area contributed by atoms with Crippen LogP contribution >= 0.6 is 15.9 Å². The quantitative estimate of drug-likeness (QED) is 0.891. The summed E-state index contributed by atoms with van der Waals surface area (Å²) >= 11 is 3.13. The number of benzene rings is 1. The minimum absolute atomic E-state index is 0.307. The summed E-state index contributed by atoms with van der Waals surface area (Å²) in [6, 6.07) is 3.07. The number of imidazole rings is 1. The number of nitrogens with zero attached hydrogens (tertiary/aromatic N) is 1. The van der Waals surface area contributed by atoms with E-state index in [1.165, 1.54) is 6.07 Å². The van der Waals surface area contributed by atoms with Crippen molar-refractivity contribution in [1.82, 2.24) is 9.97 Å². The predicted molar refractivity (Wildman–Crippen MR) is 65.6 cm³/mol. The normalized spacial score (nSPS) is 15.3. The molecule has 1 aromatic heterocycles. The lowest BCUT2D eigenvalue weighted by Gasteiger charge is -2.19. The zero-order chi connectivity index (χ0) is 11.9. The fraction of sp³-hybridized carbons (Fsp3) is 0.364. The molecule has 0 saturated heterocycles. The zero-order valence-corrected chi connectivity index (χ0v) is 10.7. The summed E-state index contributed by atoms with van der Waals surface area (Å²) in [5.74, 6) is 0.375. The molecule has 86 valence electrons. The van der Waals surface area contributed by atoms with E-state index in [0.717, 1.165) is 6.42 Å². The van der Waals surface area contributed by atoms with Crippen molar-refractivity contribution in [3.63, 3.8) is 0 Å². The van der Waals surface area contributed by atoms with E-state index in [0.29, 0.717) is 21.3 Å². The third-order valence-corrected chi connectivity index (χ3v) is 3.41. The van der Waals surface area contributed by atoms with Gasteiger partial charge in [-0.1, -0.05) is 6.92 Å². The molecule has 0 aliphatic rings. The molecule has 0 aliphatic heterocycles. The van der Waals surface area contributed by atoms with Gasteiger partial charge in [-0.3, -0.25) is 0 Å². The van der Waals surface area contributed by atoms with E-state index in [1.807, 2.05) is 13.8 Å². The van der Waals surface area contributed by atoms with Crippen LogP contribution in [0.2, 0.25) is 0 Å². The van der Waals surface area contributed by atoms with Gasteiger partial charge in [0, 0.05) is 6.07 Å². The minimum Gasteiger partial charge on any atom is -0.340 e. The van der Waals surface area contributed by atoms with Gasteiger partial charge >= 0.3 is 0 Å². The van der Waals surface area contributed by atoms with Gasteiger partial charge in [0.2, 0.25) is 0 Å². The second kappa shape index (κ2) is 3.82. The van der Waals surface area contributed by atoms with Crippen LogP contribution in [0.4, 0.5) is 4.39 Å². The van der Waals surface area contributed by atoms with E-state index >= 15 is 0 Å². The molecule has 3 N–H and O–H groups in total. The standard InChI is InChI=1S/C11H13BrFN3/c1-3-11(2,14)10-15-8-4-6(12)7(13)5-9(8)16-10/h4-5H,3,14H2,1-2H3,(H,15,16). The van der Waals surface area contributed by atoms with E-state index in [9.17, 15) is 4.39 Å². The summed E-state index contributed by atoms with van der Waals surface area (Å²) in [5.41, 5.74) is 6.95. The van der Waals surface area contributed by atoms with Crippen LogP contribution in [0.3, 0.4) is 0 Å². The number of halogens is 2. The topological polar surface area (TPSA) is 54.7 Å². The van der Waals surface area contributed by atoms with E-state index in [1.54, 1.807) is 6.07 Å². The van der Waals surface area contributed by atoms with E-state index in [-0.39, 0.29) is 5.82 Å². The molecule has 5 heteroatoms. The Labute approximate surface area is 101 Å². The van der Waals surface area contributed by atoms with Gasteiger partial charge in [0.1, 0.15) is 11.6 Å². The fourth-order valence-corrected chi connectivity index (χ4v) is 1.77. The molecule has 0 spiro atoms. The van der Waals surface area contributed by atoms with E-state index < -0.39 is 5.54 Å². The molecule has 0 aliphatic carbocycles. The number of nitrogens with two attached hydrogens (primary N) is 1. The summed E-state index contributed by atoms with van der Waals surface area (Å²) in [5, 5.41) is 0. The lowest BCUT2D eigenvalue weighted by molar-refractivity contribution is 0.451. The third-order valence-electron chi connectivity index (χ3n) is 2.80.